The van der Waals surface area contributed by atoms with Crippen LogP contribution in [0.3, 0.4) is 0 Å². The fourth-order valence-corrected chi connectivity index (χ4v) is 1.93. The Hall–Kier alpha value is -1.35. The van der Waals surface area contributed by atoms with Crippen molar-refractivity contribution in [2.24, 2.45) is 4.99 Å². The van der Waals surface area contributed by atoms with E-state index in [-0.39, 0.29) is 0 Å². The molecule has 0 aliphatic carbocycles. The van der Waals surface area contributed by atoms with Crippen molar-refractivity contribution in [1.29, 1.82) is 0 Å². The second-order valence-corrected chi connectivity index (χ2v) is 4.00. The Kier molecular flexibility index (Phi) is 2.79. The summed E-state index contributed by atoms with van der Waals surface area (Å²) in [4.78, 5) is 9.55. The molecule has 0 bridgehead atoms. The Balaban J connectivity index is 2.39. The van der Waals surface area contributed by atoms with Crippen LogP contribution in [0.25, 0.3) is 0 Å². The minimum Gasteiger partial charge on any atom is -0.288 e. The lowest BCUT2D eigenvalue weighted by atomic mass is 10.3. The van der Waals surface area contributed by atoms with E-state index in [1.54, 1.807) is 24.2 Å². The number of aliphatic imine (C=N–C) groups is 1. The molecule has 0 aromatic carbocycles. The first-order valence-electron chi connectivity index (χ1n) is 4.33. The highest BCUT2D eigenvalue weighted by Gasteiger charge is 2.04. The van der Waals surface area contributed by atoms with Gasteiger partial charge in [0, 0.05) is 22.9 Å². The Labute approximate surface area is 87.5 Å². The third-order valence-corrected chi connectivity index (χ3v) is 2.77. The summed E-state index contributed by atoms with van der Waals surface area (Å²) in [6.07, 6.45) is 7.44. The van der Waals surface area contributed by atoms with Gasteiger partial charge in [0.25, 0.3) is 0 Å². The van der Waals surface area contributed by atoms with Crippen LogP contribution in [-0.2, 0) is 6.54 Å². The lowest BCUT2D eigenvalue weighted by Gasteiger charge is -2.03. The molecule has 0 amide bonds. The smallest absolute Gasteiger partial charge is 0.106 e. The zero-order valence-corrected chi connectivity index (χ0v) is 8.50. The van der Waals surface area contributed by atoms with E-state index in [0.717, 1.165) is 15.5 Å². The van der Waals surface area contributed by atoms with Crippen molar-refractivity contribution >= 4 is 18.0 Å². The summed E-state index contributed by atoms with van der Waals surface area (Å²) >= 11 is 1.59. The molecule has 1 aliphatic rings. The molecule has 0 fully saturated rings. The number of fused-ring (bicyclic) bond motifs is 1. The third-order valence-electron chi connectivity index (χ3n) is 1.81. The van der Waals surface area contributed by atoms with Crippen LogP contribution in [0.15, 0.2) is 52.0 Å². The number of pyridine rings is 1. The van der Waals surface area contributed by atoms with Crippen molar-refractivity contribution in [1.82, 2.24) is 4.98 Å². The summed E-state index contributed by atoms with van der Waals surface area (Å²) in [6, 6.07) is 3.98. The minimum absolute atomic E-state index is 0.688. The molecule has 2 nitrogen and oxygen atoms in total. The summed E-state index contributed by atoms with van der Waals surface area (Å²) in [5.74, 6) is 0. The van der Waals surface area contributed by atoms with Crippen LogP contribution in [0.1, 0.15) is 5.56 Å². The van der Waals surface area contributed by atoms with Crippen molar-refractivity contribution in [2.75, 3.05) is 0 Å². The van der Waals surface area contributed by atoms with Gasteiger partial charge in [0.1, 0.15) is 5.03 Å². The largest absolute Gasteiger partial charge is 0.288 e. The maximum Gasteiger partial charge on any atom is 0.106 e. The number of nitrogens with zero attached hydrogens (tertiary/aromatic N) is 2. The van der Waals surface area contributed by atoms with Crippen molar-refractivity contribution in [3.05, 3.63) is 47.5 Å². The number of hydrogen-bond donors (Lipinski definition) is 0. The fourth-order valence-electron chi connectivity index (χ4n) is 1.16. The standard InChI is InChI=1S/C11H10N2S/c1-9-4-2-6-12-8-10-5-3-7-13-11(10)14-9/h2-7H,1,8H2/b4-2-,12-6?. The summed E-state index contributed by atoms with van der Waals surface area (Å²) < 4.78 is 0. The van der Waals surface area contributed by atoms with Gasteiger partial charge < -0.3 is 0 Å². The van der Waals surface area contributed by atoms with Gasteiger partial charge in [-0.05, 0) is 18.2 Å². The molecule has 70 valence electrons. The van der Waals surface area contributed by atoms with Gasteiger partial charge in [-0.2, -0.15) is 0 Å². The number of rotatable bonds is 0. The summed E-state index contributed by atoms with van der Waals surface area (Å²) in [6.45, 7) is 4.62. The Morgan fingerprint density at radius 3 is 3.29 bits per heavy atom. The molecule has 0 saturated heterocycles. The van der Waals surface area contributed by atoms with E-state index < -0.39 is 0 Å². The lowest BCUT2D eigenvalue weighted by Crippen LogP contribution is -1.88. The molecule has 0 atom stereocenters. The van der Waals surface area contributed by atoms with Crippen LogP contribution in [0.4, 0.5) is 0 Å². The lowest BCUT2D eigenvalue weighted by molar-refractivity contribution is 0.970. The molecule has 2 heterocycles. The molecule has 0 unspecified atom stereocenters. The van der Waals surface area contributed by atoms with Crippen molar-refractivity contribution in [3.63, 3.8) is 0 Å². The molecule has 2 rings (SSSR count). The highest BCUT2D eigenvalue weighted by Crippen LogP contribution is 2.28. The average molecular weight is 202 g/mol. The van der Waals surface area contributed by atoms with Gasteiger partial charge in [0.05, 0.1) is 6.54 Å². The molecular weight excluding hydrogens is 192 g/mol. The molecule has 14 heavy (non-hydrogen) atoms. The quantitative estimate of drug-likeness (QED) is 0.646. The third kappa shape index (κ3) is 2.12. The molecule has 1 aromatic heterocycles. The maximum absolute atomic E-state index is 4.31. The Morgan fingerprint density at radius 1 is 1.43 bits per heavy atom. The molecule has 3 heteroatoms. The first-order chi connectivity index (χ1) is 6.86. The number of allylic oxidation sites excluding steroid dienone is 2. The summed E-state index contributed by atoms with van der Waals surface area (Å²) in [5, 5.41) is 1.00. The van der Waals surface area contributed by atoms with Gasteiger partial charge in [0.15, 0.2) is 0 Å². The fraction of sp³-hybridized carbons (Fsp3) is 0.0909. The monoisotopic (exact) mass is 202 g/mol. The van der Waals surface area contributed by atoms with E-state index in [1.807, 2.05) is 24.3 Å². The van der Waals surface area contributed by atoms with Crippen LogP contribution in [-0.4, -0.2) is 11.2 Å². The van der Waals surface area contributed by atoms with Crippen LogP contribution in [0.5, 0.6) is 0 Å². The number of hydrogen-bond acceptors (Lipinski definition) is 3. The highest BCUT2D eigenvalue weighted by molar-refractivity contribution is 8.03. The van der Waals surface area contributed by atoms with E-state index in [9.17, 15) is 0 Å². The molecule has 0 N–H and O–H groups in total. The van der Waals surface area contributed by atoms with E-state index >= 15 is 0 Å². The molecule has 0 radical (unpaired) electrons. The zero-order chi connectivity index (χ0) is 9.80. The molecule has 0 saturated carbocycles. The zero-order valence-electron chi connectivity index (χ0n) is 7.68. The van der Waals surface area contributed by atoms with Crippen molar-refractivity contribution < 1.29 is 0 Å². The second kappa shape index (κ2) is 4.24. The molecule has 1 aromatic rings. The highest BCUT2D eigenvalue weighted by atomic mass is 32.2. The van der Waals surface area contributed by atoms with E-state index in [0.29, 0.717) is 6.54 Å². The van der Waals surface area contributed by atoms with Gasteiger partial charge in [-0.25, -0.2) is 4.98 Å². The van der Waals surface area contributed by atoms with Crippen molar-refractivity contribution in [3.8, 4) is 0 Å². The molecule has 1 aliphatic heterocycles. The van der Waals surface area contributed by atoms with E-state index in [4.69, 9.17) is 0 Å². The molecular formula is C11H10N2S. The predicted octanol–water partition coefficient (Wildman–Crippen LogP) is 2.83. The topological polar surface area (TPSA) is 25.2 Å². The van der Waals surface area contributed by atoms with Gasteiger partial charge in [-0.15, -0.1) is 0 Å². The van der Waals surface area contributed by atoms with E-state index in [2.05, 4.69) is 16.6 Å². The number of thioether (sulfide) groups is 1. The SMILES string of the molecule is C=C1/C=C\C=NCc2cccnc2S1. The maximum atomic E-state index is 4.31. The van der Waals surface area contributed by atoms with Gasteiger partial charge in [-0.1, -0.05) is 24.4 Å². The van der Waals surface area contributed by atoms with E-state index in [1.165, 1.54) is 0 Å². The second-order valence-electron chi connectivity index (χ2n) is 2.88. The van der Waals surface area contributed by atoms with Crippen LogP contribution >= 0.6 is 11.8 Å². The van der Waals surface area contributed by atoms with Crippen LogP contribution < -0.4 is 0 Å². The minimum atomic E-state index is 0.688. The van der Waals surface area contributed by atoms with Crippen LogP contribution in [0.2, 0.25) is 0 Å². The van der Waals surface area contributed by atoms with Crippen molar-refractivity contribution in [2.45, 2.75) is 11.6 Å². The predicted molar refractivity (Wildman–Crippen MR) is 60.6 cm³/mol. The van der Waals surface area contributed by atoms with Gasteiger partial charge in [0.2, 0.25) is 0 Å². The van der Waals surface area contributed by atoms with Gasteiger partial charge >= 0.3 is 0 Å². The first kappa shape index (κ1) is 9.21. The number of aromatic nitrogens is 1. The van der Waals surface area contributed by atoms with Gasteiger partial charge in [-0.3, -0.25) is 4.99 Å². The average Bonchev–Trinajstić information content (AvgIpc) is 2.27. The first-order valence-corrected chi connectivity index (χ1v) is 5.15. The molecule has 0 spiro atoms. The summed E-state index contributed by atoms with van der Waals surface area (Å²) in [5.41, 5.74) is 1.15. The van der Waals surface area contributed by atoms with Crippen LogP contribution in [0, 0.1) is 0 Å². The Morgan fingerprint density at radius 2 is 2.36 bits per heavy atom. The summed E-state index contributed by atoms with van der Waals surface area (Å²) in [7, 11) is 0. The Bertz CT molecular complexity index is 408. The normalized spacial score (nSPS) is 17.9.